The van der Waals surface area contributed by atoms with Gasteiger partial charge in [0.2, 0.25) is 0 Å². The summed E-state index contributed by atoms with van der Waals surface area (Å²) in [5, 5.41) is 0.257. The lowest BCUT2D eigenvalue weighted by molar-refractivity contribution is 0.223. The highest BCUT2D eigenvalue weighted by Gasteiger charge is 2.18. The smallest absolute Gasteiger partial charge is 0.124 e. The molecule has 0 N–H and O–H groups in total. The number of likely N-dealkylation sites (tertiary alicyclic amines) is 1. The molecule has 0 saturated carbocycles. The fraction of sp³-hybridized carbons (Fsp3) is 0.500. The van der Waals surface area contributed by atoms with Gasteiger partial charge >= 0.3 is 0 Å². The van der Waals surface area contributed by atoms with Gasteiger partial charge in [-0.05, 0) is 37.1 Å². The molecule has 0 spiro atoms. The van der Waals surface area contributed by atoms with E-state index in [1.807, 2.05) is 6.07 Å². The Bertz CT molecular complexity index is 372. The molecule has 1 aromatic rings. The van der Waals surface area contributed by atoms with Crippen LogP contribution in [0.15, 0.2) is 22.7 Å². The molecule has 0 aromatic heterocycles. The first-order valence-electron chi connectivity index (χ1n) is 5.45. The molecule has 1 unspecified atom stereocenters. The lowest BCUT2D eigenvalue weighted by atomic mass is 10.1. The summed E-state index contributed by atoms with van der Waals surface area (Å²) in [6.45, 7) is 2.84. The summed E-state index contributed by atoms with van der Waals surface area (Å²) in [5.74, 6) is -0.204. The molecule has 16 heavy (non-hydrogen) atoms. The Morgan fingerprint density at radius 2 is 2.31 bits per heavy atom. The zero-order chi connectivity index (χ0) is 11.5. The average Bonchev–Trinajstić information content (AvgIpc) is 2.22. The van der Waals surface area contributed by atoms with Crippen LogP contribution in [0.2, 0.25) is 0 Å². The first kappa shape index (κ1) is 12.3. The molecule has 1 aliphatic heterocycles. The summed E-state index contributed by atoms with van der Waals surface area (Å²) in [7, 11) is 0. The van der Waals surface area contributed by atoms with E-state index in [1.165, 1.54) is 12.1 Å². The third-order valence-corrected chi connectivity index (χ3v) is 3.95. The van der Waals surface area contributed by atoms with Crippen molar-refractivity contribution in [3.05, 3.63) is 34.1 Å². The van der Waals surface area contributed by atoms with Gasteiger partial charge in [0.15, 0.2) is 0 Å². The van der Waals surface area contributed by atoms with E-state index in [1.54, 1.807) is 0 Å². The van der Waals surface area contributed by atoms with Gasteiger partial charge in [-0.25, -0.2) is 4.39 Å². The van der Waals surface area contributed by atoms with E-state index in [9.17, 15) is 4.39 Å². The first-order valence-corrected chi connectivity index (χ1v) is 6.68. The molecule has 88 valence electrons. The van der Waals surface area contributed by atoms with E-state index >= 15 is 0 Å². The van der Waals surface area contributed by atoms with E-state index in [4.69, 9.17) is 11.6 Å². The third kappa shape index (κ3) is 3.19. The molecule has 0 radical (unpaired) electrons. The van der Waals surface area contributed by atoms with Gasteiger partial charge < -0.3 is 0 Å². The van der Waals surface area contributed by atoms with Crippen molar-refractivity contribution >= 4 is 27.5 Å². The highest BCUT2D eigenvalue weighted by Crippen LogP contribution is 2.22. The van der Waals surface area contributed by atoms with Crippen molar-refractivity contribution in [1.29, 1.82) is 0 Å². The van der Waals surface area contributed by atoms with Gasteiger partial charge in [0, 0.05) is 22.9 Å². The molecule has 1 atom stereocenters. The topological polar surface area (TPSA) is 3.24 Å². The third-order valence-electron chi connectivity index (χ3n) is 2.86. The number of alkyl halides is 1. The van der Waals surface area contributed by atoms with Crippen molar-refractivity contribution in [2.75, 3.05) is 13.1 Å². The van der Waals surface area contributed by atoms with Crippen molar-refractivity contribution in [2.24, 2.45) is 0 Å². The molecule has 1 nitrogen and oxygen atoms in total. The van der Waals surface area contributed by atoms with Crippen LogP contribution < -0.4 is 0 Å². The van der Waals surface area contributed by atoms with Gasteiger partial charge in [-0.1, -0.05) is 22.0 Å². The van der Waals surface area contributed by atoms with E-state index in [2.05, 4.69) is 20.8 Å². The van der Waals surface area contributed by atoms with Crippen molar-refractivity contribution in [3.8, 4) is 0 Å². The zero-order valence-electron chi connectivity index (χ0n) is 8.93. The minimum Gasteiger partial charge on any atom is -0.298 e. The normalized spacial score (nSPS) is 22.3. The number of hydrogen-bond acceptors (Lipinski definition) is 1. The predicted molar refractivity (Wildman–Crippen MR) is 68.3 cm³/mol. The Labute approximate surface area is 109 Å². The van der Waals surface area contributed by atoms with Crippen LogP contribution in [-0.4, -0.2) is 23.4 Å². The molecule has 0 aliphatic carbocycles. The summed E-state index contributed by atoms with van der Waals surface area (Å²) >= 11 is 9.52. The second kappa shape index (κ2) is 5.48. The first-order chi connectivity index (χ1) is 7.65. The highest BCUT2D eigenvalue weighted by molar-refractivity contribution is 9.10. The summed E-state index contributed by atoms with van der Waals surface area (Å²) in [5.41, 5.74) is 1.12. The minimum absolute atomic E-state index is 0.204. The molecule has 1 heterocycles. The van der Waals surface area contributed by atoms with Crippen LogP contribution in [-0.2, 0) is 6.54 Å². The molecule has 2 rings (SSSR count). The number of nitrogens with zero attached hydrogens (tertiary/aromatic N) is 1. The lowest BCUT2D eigenvalue weighted by Crippen LogP contribution is -2.35. The van der Waals surface area contributed by atoms with Crippen molar-refractivity contribution in [3.63, 3.8) is 0 Å². The van der Waals surface area contributed by atoms with Crippen LogP contribution >= 0.6 is 27.5 Å². The van der Waals surface area contributed by atoms with Crippen molar-refractivity contribution in [1.82, 2.24) is 4.90 Å². The van der Waals surface area contributed by atoms with E-state index in [0.717, 1.165) is 42.5 Å². The Morgan fingerprint density at radius 3 is 3.00 bits per heavy atom. The van der Waals surface area contributed by atoms with Crippen LogP contribution in [0.4, 0.5) is 4.39 Å². The minimum atomic E-state index is -0.204. The monoisotopic (exact) mass is 305 g/mol. The fourth-order valence-corrected chi connectivity index (χ4v) is 2.86. The highest BCUT2D eigenvalue weighted by atomic mass is 79.9. The van der Waals surface area contributed by atoms with Gasteiger partial charge in [-0.15, -0.1) is 11.6 Å². The van der Waals surface area contributed by atoms with Crippen molar-refractivity contribution in [2.45, 2.75) is 24.8 Å². The number of benzene rings is 1. The van der Waals surface area contributed by atoms with E-state index < -0.39 is 0 Å². The standard InChI is InChI=1S/C12H14BrClFN/c13-12-6-11(15)4-3-9(12)7-16-5-1-2-10(14)8-16/h3-4,6,10H,1-2,5,7-8H2. The number of hydrogen-bond donors (Lipinski definition) is 0. The molecule has 0 amide bonds. The second-order valence-corrected chi connectivity index (χ2v) is 5.68. The Hall–Kier alpha value is -0.120. The van der Waals surface area contributed by atoms with Gasteiger partial charge in [0.1, 0.15) is 5.82 Å². The molecule has 0 bridgehead atoms. The quantitative estimate of drug-likeness (QED) is 0.751. The predicted octanol–water partition coefficient (Wildman–Crippen LogP) is 3.79. The van der Waals surface area contributed by atoms with Gasteiger partial charge in [0.25, 0.3) is 0 Å². The maximum atomic E-state index is 12.9. The molecular formula is C12H14BrClFN. The van der Waals surface area contributed by atoms with Crippen molar-refractivity contribution < 1.29 is 4.39 Å². The molecule has 1 aliphatic rings. The molecule has 1 fully saturated rings. The maximum Gasteiger partial charge on any atom is 0.124 e. The fourth-order valence-electron chi connectivity index (χ4n) is 2.03. The zero-order valence-corrected chi connectivity index (χ0v) is 11.3. The van der Waals surface area contributed by atoms with Gasteiger partial charge in [-0.2, -0.15) is 0 Å². The SMILES string of the molecule is Fc1ccc(CN2CCCC(Cl)C2)c(Br)c1. The van der Waals surface area contributed by atoms with E-state index in [0.29, 0.717) is 0 Å². The van der Waals surface area contributed by atoms with Gasteiger partial charge in [-0.3, -0.25) is 4.90 Å². The molecule has 4 heteroatoms. The van der Waals surface area contributed by atoms with E-state index in [-0.39, 0.29) is 11.2 Å². The summed E-state index contributed by atoms with van der Waals surface area (Å²) in [6, 6.07) is 4.84. The van der Waals surface area contributed by atoms with Crippen LogP contribution in [0.5, 0.6) is 0 Å². The molecular weight excluding hydrogens is 292 g/mol. The molecule has 1 aromatic carbocycles. The second-order valence-electron chi connectivity index (χ2n) is 4.21. The number of halogens is 3. The summed E-state index contributed by atoms with van der Waals surface area (Å²) in [6.07, 6.45) is 2.25. The lowest BCUT2D eigenvalue weighted by Gasteiger charge is -2.29. The van der Waals surface area contributed by atoms with Crippen LogP contribution in [0.25, 0.3) is 0 Å². The number of rotatable bonds is 2. The largest absolute Gasteiger partial charge is 0.298 e. The summed E-state index contributed by atoms with van der Waals surface area (Å²) < 4.78 is 13.8. The van der Waals surface area contributed by atoms with Gasteiger partial charge in [0.05, 0.1) is 0 Å². The van der Waals surface area contributed by atoms with Crippen LogP contribution in [0, 0.1) is 5.82 Å². The van der Waals surface area contributed by atoms with Crippen LogP contribution in [0.3, 0.4) is 0 Å². The summed E-state index contributed by atoms with van der Waals surface area (Å²) in [4.78, 5) is 2.32. The average molecular weight is 307 g/mol. The maximum absolute atomic E-state index is 12.9. The number of piperidine rings is 1. The Kier molecular flexibility index (Phi) is 4.22. The Morgan fingerprint density at radius 1 is 1.50 bits per heavy atom. The Balaban J connectivity index is 2.02. The van der Waals surface area contributed by atoms with Crippen LogP contribution in [0.1, 0.15) is 18.4 Å². The molecule has 1 saturated heterocycles.